The second kappa shape index (κ2) is 11.8. The van der Waals surface area contributed by atoms with Crippen LogP contribution >= 0.6 is 0 Å². The number of ether oxygens (including phenoxy) is 3. The third kappa shape index (κ3) is 6.67. The molecule has 0 aromatic rings. The molecule has 0 radical (unpaired) electrons. The van der Waals surface area contributed by atoms with E-state index in [0.29, 0.717) is 0 Å². The van der Waals surface area contributed by atoms with Gasteiger partial charge in [0.1, 0.15) is 24.4 Å². The highest BCUT2D eigenvalue weighted by Crippen LogP contribution is 2.37. The van der Waals surface area contributed by atoms with E-state index >= 15 is 0 Å². The lowest BCUT2D eigenvalue weighted by molar-refractivity contribution is -0.345. The molecule has 8 N–H and O–H groups in total. The zero-order valence-electron chi connectivity index (χ0n) is 20.6. The molecular formula is C21H35N3O12. The van der Waals surface area contributed by atoms with Crippen LogP contribution < -0.4 is 16.0 Å². The number of aliphatic carboxylic acids is 1. The van der Waals surface area contributed by atoms with Crippen molar-refractivity contribution in [3.63, 3.8) is 0 Å². The Morgan fingerprint density at radius 1 is 1.00 bits per heavy atom. The summed E-state index contributed by atoms with van der Waals surface area (Å²) < 4.78 is 16.7. The van der Waals surface area contributed by atoms with E-state index in [1.165, 1.54) is 13.8 Å². The topological polar surface area (TPSA) is 233 Å². The molecule has 36 heavy (non-hydrogen) atoms. The lowest BCUT2D eigenvalue weighted by atomic mass is 9.87. The van der Waals surface area contributed by atoms with E-state index in [-0.39, 0.29) is 0 Å². The molecule has 2 aliphatic heterocycles. The fourth-order valence-corrected chi connectivity index (χ4v) is 4.43. The van der Waals surface area contributed by atoms with Crippen molar-refractivity contribution in [1.82, 2.24) is 16.0 Å². The molecule has 2 rings (SSSR count). The Bertz CT molecular complexity index is 823. The SMILES string of the molecule is CC(=O)N[C@@H]1[C@@H]([C@@H](NC(C)=O)[C@@H](C)O)O[C@](O[C@@H]2[C@H](O)[C@H](C)O[C@@H](O)[C@H]2NC(C)=O)(C(=O)O)C[C@H]1O. The average molecular weight is 522 g/mol. The van der Waals surface area contributed by atoms with Crippen LogP contribution in [0.2, 0.25) is 0 Å². The first-order valence-electron chi connectivity index (χ1n) is 11.4. The fraction of sp³-hybridized carbons (Fsp3) is 0.810. The third-order valence-electron chi connectivity index (χ3n) is 6.04. The Morgan fingerprint density at radius 2 is 1.56 bits per heavy atom. The maximum absolute atomic E-state index is 12.5. The summed E-state index contributed by atoms with van der Waals surface area (Å²) in [6, 6.07) is -4.02. The standard InChI is InChI=1S/C21H35N3O12/c1-7(25)13(22-9(3)26)17-14(23-10(4)27)12(29)6-21(35-17,20(32)33)36-18-15(24-11(5)28)19(31)34-8(2)16(18)30/h7-8,12-19,25,29-31H,6H2,1-5H3,(H,22,26)(H,23,27)(H,24,28)(H,32,33)/t7-,8+,12-,13+,14+,15+,16-,17-,18+,19-,21-/m1/s1. The largest absolute Gasteiger partial charge is 0.477 e. The highest BCUT2D eigenvalue weighted by Gasteiger charge is 2.59. The van der Waals surface area contributed by atoms with Crippen LogP contribution in [-0.4, -0.2) is 116 Å². The van der Waals surface area contributed by atoms with Crippen molar-refractivity contribution >= 4 is 23.7 Å². The zero-order valence-corrected chi connectivity index (χ0v) is 20.6. The van der Waals surface area contributed by atoms with Crippen LogP contribution in [0.1, 0.15) is 41.0 Å². The first-order chi connectivity index (χ1) is 16.6. The number of carbonyl (C=O) groups excluding carboxylic acids is 3. The predicted octanol–water partition coefficient (Wildman–Crippen LogP) is -3.70. The van der Waals surface area contributed by atoms with Gasteiger partial charge in [0.25, 0.3) is 5.79 Å². The molecular weight excluding hydrogens is 486 g/mol. The fourth-order valence-electron chi connectivity index (χ4n) is 4.43. The van der Waals surface area contributed by atoms with Crippen molar-refractivity contribution in [3.8, 4) is 0 Å². The summed E-state index contributed by atoms with van der Waals surface area (Å²) in [5.74, 6) is -6.32. The predicted molar refractivity (Wildman–Crippen MR) is 118 cm³/mol. The molecule has 2 aliphatic rings. The quantitative estimate of drug-likeness (QED) is 0.154. The summed E-state index contributed by atoms with van der Waals surface area (Å²) in [6.07, 6.45) is -11.2. The first kappa shape index (κ1) is 29.8. The highest BCUT2D eigenvalue weighted by atomic mass is 16.7. The van der Waals surface area contributed by atoms with E-state index in [0.717, 1.165) is 20.8 Å². The lowest BCUT2D eigenvalue weighted by Gasteiger charge is -2.50. The normalized spacial score (nSPS) is 38.4. The summed E-state index contributed by atoms with van der Waals surface area (Å²) >= 11 is 0. The monoisotopic (exact) mass is 521 g/mol. The number of carbonyl (C=O) groups is 4. The summed E-state index contributed by atoms with van der Waals surface area (Å²) in [5.41, 5.74) is 0. The molecule has 0 spiro atoms. The summed E-state index contributed by atoms with van der Waals surface area (Å²) in [4.78, 5) is 47.8. The van der Waals surface area contributed by atoms with E-state index in [2.05, 4.69) is 16.0 Å². The Hall–Kier alpha value is -2.40. The Kier molecular flexibility index (Phi) is 9.75. The van der Waals surface area contributed by atoms with Gasteiger partial charge in [-0.05, 0) is 13.8 Å². The van der Waals surface area contributed by atoms with Gasteiger partial charge in [-0.2, -0.15) is 0 Å². The number of nitrogens with one attached hydrogen (secondary N) is 3. The van der Waals surface area contributed by atoms with Crippen molar-refractivity contribution in [1.29, 1.82) is 0 Å². The summed E-state index contributed by atoms with van der Waals surface area (Å²) in [6.45, 7) is 6.08. The first-order valence-corrected chi connectivity index (χ1v) is 11.4. The number of aliphatic hydroxyl groups excluding tert-OH is 4. The molecule has 11 atom stereocenters. The van der Waals surface area contributed by atoms with Crippen LogP contribution in [0.3, 0.4) is 0 Å². The number of amides is 3. The lowest BCUT2D eigenvalue weighted by Crippen LogP contribution is -2.72. The van der Waals surface area contributed by atoms with Gasteiger partial charge in [0.15, 0.2) is 6.29 Å². The van der Waals surface area contributed by atoms with Gasteiger partial charge in [-0.25, -0.2) is 4.79 Å². The van der Waals surface area contributed by atoms with Crippen LogP contribution in [0.5, 0.6) is 0 Å². The number of hydrogen-bond donors (Lipinski definition) is 8. The minimum Gasteiger partial charge on any atom is -0.477 e. The molecule has 2 fully saturated rings. The smallest absolute Gasteiger partial charge is 0.364 e. The average Bonchev–Trinajstić information content (AvgIpc) is 2.73. The van der Waals surface area contributed by atoms with Gasteiger partial charge in [-0.3, -0.25) is 14.4 Å². The molecule has 15 heteroatoms. The van der Waals surface area contributed by atoms with Crippen molar-refractivity contribution in [2.24, 2.45) is 0 Å². The second-order valence-electron chi connectivity index (χ2n) is 9.14. The maximum atomic E-state index is 12.5. The second-order valence-corrected chi connectivity index (χ2v) is 9.14. The summed E-state index contributed by atoms with van der Waals surface area (Å²) in [5, 5.41) is 59.6. The number of carboxylic acid groups (broad SMARTS) is 1. The van der Waals surface area contributed by atoms with Crippen LogP contribution in [-0.2, 0) is 33.4 Å². The minimum atomic E-state index is -2.70. The molecule has 0 aliphatic carbocycles. The number of rotatable bonds is 8. The van der Waals surface area contributed by atoms with Crippen molar-refractivity contribution < 1.29 is 58.9 Å². The molecule has 0 bridgehead atoms. The molecule has 2 saturated heterocycles. The van der Waals surface area contributed by atoms with Gasteiger partial charge in [0, 0.05) is 27.2 Å². The maximum Gasteiger partial charge on any atom is 0.364 e. The van der Waals surface area contributed by atoms with Crippen LogP contribution in [0.15, 0.2) is 0 Å². The number of aliphatic hydroxyl groups is 4. The molecule has 2 heterocycles. The van der Waals surface area contributed by atoms with Gasteiger partial charge in [0.05, 0.1) is 30.4 Å². The van der Waals surface area contributed by atoms with Crippen LogP contribution in [0.4, 0.5) is 0 Å². The van der Waals surface area contributed by atoms with E-state index < -0.39 is 96.9 Å². The van der Waals surface area contributed by atoms with Gasteiger partial charge in [0.2, 0.25) is 17.7 Å². The molecule has 0 saturated carbocycles. The van der Waals surface area contributed by atoms with Gasteiger partial charge in [-0.15, -0.1) is 0 Å². The van der Waals surface area contributed by atoms with Crippen molar-refractivity contribution in [2.75, 3.05) is 0 Å². The van der Waals surface area contributed by atoms with E-state index in [1.54, 1.807) is 0 Å². The Morgan fingerprint density at radius 3 is 2.03 bits per heavy atom. The van der Waals surface area contributed by atoms with Crippen LogP contribution in [0.25, 0.3) is 0 Å². The molecule has 0 unspecified atom stereocenters. The minimum absolute atomic E-state index is 0.605. The number of hydrogen-bond acceptors (Lipinski definition) is 11. The van der Waals surface area contributed by atoms with E-state index in [4.69, 9.17) is 14.2 Å². The Labute approximate surface area is 207 Å². The van der Waals surface area contributed by atoms with Gasteiger partial charge >= 0.3 is 5.97 Å². The third-order valence-corrected chi connectivity index (χ3v) is 6.04. The molecule has 0 aromatic carbocycles. The van der Waals surface area contributed by atoms with Gasteiger partial charge < -0.3 is 55.7 Å². The molecule has 0 aromatic heterocycles. The number of carboxylic acids is 1. The van der Waals surface area contributed by atoms with Gasteiger partial charge in [-0.1, -0.05) is 0 Å². The molecule has 206 valence electrons. The zero-order chi connectivity index (χ0) is 27.5. The van der Waals surface area contributed by atoms with Crippen LogP contribution in [0, 0.1) is 0 Å². The Balaban J connectivity index is 2.55. The molecule has 15 nitrogen and oxygen atoms in total. The van der Waals surface area contributed by atoms with Crippen molar-refractivity contribution in [3.05, 3.63) is 0 Å². The summed E-state index contributed by atoms with van der Waals surface area (Å²) in [7, 11) is 0. The molecule has 3 amide bonds. The van der Waals surface area contributed by atoms with E-state index in [1.807, 2.05) is 0 Å². The highest BCUT2D eigenvalue weighted by molar-refractivity contribution is 5.77. The van der Waals surface area contributed by atoms with E-state index in [9.17, 15) is 44.7 Å². The van der Waals surface area contributed by atoms with Crippen molar-refractivity contribution in [2.45, 2.75) is 108 Å².